The van der Waals surface area contributed by atoms with E-state index in [1.165, 1.54) is 7.11 Å². The minimum absolute atomic E-state index is 0.177. The number of H-pyrrole nitrogens is 1. The number of nitrogens with zero attached hydrogens (tertiary/aromatic N) is 1. The van der Waals surface area contributed by atoms with Crippen molar-refractivity contribution in [1.29, 1.82) is 0 Å². The lowest BCUT2D eigenvalue weighted by Gasteiger charge is -2.09. The van der Waals surface area contributed by atoms with Crippen LogP contribution in [-0.4, -0.2) is 58.4 Å². The van der Waals surface area contributed by atoms with Gasteiger partial charge in [-0.15, -0.1) is 0 Å². The van der Waals surface area contributed by atoms with Crippen LogP contribution in [0.25, 0.3) is 0 Å². The molecule has 8 heteroatoms. The fourth-order valence-corrected chi connectivity index (χ4v) is 1.34. The summed E-state index contributed by atoms with van der Waals surface area (Å²) in [6, 6.07) is 0. The number of carbonyl (C=O) groups excluding carboxylic acids is 1. The Balaban J connectivity index is 2.46. The van der Waals surface area contributed by atoms with Gasteiger partial charge in [0, 0.05) is 13.7 Å². The summed E-state index contributed by atoms with van der Waals surface area (Å²) in [4.78, 5) is 28.3. The number of carboxylic acid groups (broad SMARTS) is 1. The van der Waals surface area contributed by atoms with Crippen molar-refractivity contribution >= 4 is 11.9 Å². The van der Waals surface area contributed by atoms with E-state index in [-0.39, 0.29) is 24.5 Å². The highest BCUT2D eigenvalue weighted by Gasteiger charge is 2.19. The van der Waals surface area contributed by atoms with Crippen LogP contribution in [0.1, 0.15) is 27.4 Å². The Morgan fingerprint density at radius 2 is 2.33 bits per heavy atom. The third-order valence-electron chi connectivity index (χ3n) is 2.19. The molecule has 0 saturated carbocycles. The zero-order valence-corrected chi connectivity index (χ0v) is 9.84. The van der Waals surface area contributed by atoms with Gasteiger partial charge in [-0.2, -0.15) is 0 Å². The Morgan fingerprint density at radius 1 is 1.61 bits per heavy atom. The number of imidazole rings is 1. The highest BCUT2D eigenvalue weighted by molar-refractivity contribution is 6.02. The zero-order valence-electron chi connectivity index (χ0n) is 9.84. The van der Waals surface area contributed by atoms with Gasteiger partial charge in [0.2, 0.25) is 0 Å². The topological polar surface area (TPSA) is 125 Å². The van der Waals surface area contributed by atoms with Gasteiger partial charge < -0.3 is 25.3 Å². The van der Waals surface area contributed by atoms with Crippen molar-refractivity contribution in [3.8, 4) is 0 Å². The molecule has 1 unspecified atom stereocenters. The van der Waals surface area contributed by atoms with Crippen molar-refractivity contribution in [2.75, 3.05) is 20.3 Å². The summed E-state index contributed by atoms with van der Waals surface area (Å²) in [6.45, 7) is 0.383. The standard InChI is InChI=1S/C10H15N3O5/c1-18-4-6(14)2-3-11-9(15)7-8(10(16)17)13-5-12-7/h5-6,14H,2-4H2,1H3,(H,11,15)(H,12,13)(H,16,17). The smallest absolute Gasteiger partial charge is 0.354 e. The number of aromatic amines is 1. The van der Waals surface area contributed by atoms with Crippen LogP contribution in [0, 0.1) is 0 Å². The average molecular weight is 257 g/mol. The van der Waals surface area contributed by atoms with Crippen LogP contribution in [0.15, 0.2) is 6.33 Å². The van der Waals surface area contributed by atoms with E-state index in [9.17, 15) is 14.7 Å². The summed E-state index contributed by atoms with van der Waals surface area (Å²) >= 11 is 0. The number of rotatable bonds is 7. The highest BCUT2D eigenvalue weighted by atomic mass is 16.5. The quantitative estimate of drug-likeness (QED) is 0.508. The number of aromatic carboxylic acids is 1. The molecule has 1 atom stereocenters. The predicted molar refractivity (Wildman–Crippen MR) is 60.4 cm³/mol. The van der Waals surface area contributed by atoms with Crippen LogP contribution >= 0.6 is 0 Å². The molecule has 0 saturated heterocycles. The van der Waals surface area contributed by atoms with Gasteiger partial charge in [-0.1, -0.05) is 0 Å². The van der Waals surface area contributed by atoms with Gasteiger partial charge in [-0.3, -0.25) is 4.79 Å². The maximum absolute atomic E-state index is 11.6. The van der Waals surface area contributed by atoms with E-state index in [0.29, 0.717) is 6.42 Å². The Labute approximate surface area is 103 Å². The van der Waals surface area contributed by atoms with E-state index in [1.54, 1.807) is 0 Å². The number of aliphatic hydroxyl groups excluding tert-OH is 1. The first-order valence-electron chi connectivity index (χ1n) is 5.28. The molecular formula is C10H15N3O5. The van der Waals surface area contributed by atoms with Gasteiger partial charge in [0.15, 0.2) is 11.4 Å². The second kappa shape index (κ2) is 6.72. The number of ether oxygens (including phenoxy) is 1. The number of carboxylic acids is 1. The lowest BCUT2D eigenvalue weighted by molar-refractivity contribution is 0.0586. The fraction of sp³-hybridized carbons (Fsp3) is 0.500. The summed E-state index contributed by atoms with van der Waals surface area (Å²) < 4.78 is 4.73. The van der Waals surface area contributed by atoms with Gasteiger partial charge in [0.1, 0.15) is 0 Å². The molecule has 1 aromatic rings. The zero-order chi connectivity index (χ0) is 13.5. The van der Waals surface area contributed by atoms with Crippen LogP contribution in [0.5, 0.6) is 0 Å². The summed E-state index contributed by atoms with van der Waals surface area (Å²) in [5.41, 5.74) is -0.436. The number of methoxy groups -OCH3 is 1. The summed E-state index contributed by atoms with van der Waals surface area (Å²) in [5, 5.41) is 20.6. The monoisotopic (exact) mass is 257 g/mol. The van der Waals surface area contributed by atoms with Crippen LogP contribution in [0.4, 0.5) is 0 Å². The lowest BCUT2D eigenvalue weighted by Crippen LogP contribution is -2.29. The molecule has 1 rings (SSSR count). The van der Waals surface area contributed by atoms with E-state index in [1.807, 2.05) is 0 Å². The molecule has 0 radical (unpaired) electrons. The molecule has 0 aromatic carbocycles. The molecule has 0 bridgehead atoms. The predicted octanol–water partition coefficient (Wildman–Crippen LogP) is -0.765. The molecule has 0 aliphatic rings. The molecule has 0 aliphatic carbocycles. The minimum atomic E-state index is -1.25. The lowest BCUT2D eigenvalue weighted by atomic mass is 10.2. The van der Waals surface area contributed by atoms with E-state index in [4.69, 9.17) is 9.84 Å². The Hall–Kier alpha value is -1.93. The number of aliphatic hydroxyl groups is 1. The second-order valence-corrected chi connectivity index (χ2v) is 3.59. The molecule has 8 nitrogen and oxygen atoms in total. The minimum Gasteiger partial charge on any atom is -0.477 e. The van der Waals surface area contributed by atoms with Crippen LogP contribution < -0.4 is 5.32 Å². The number of carbonyl (C=O) groups is 2. The summed E-state index contributed by atoms with van der Waals surface area (Å²) in [6.07, 6.45) is 0.776. The number of amides is 1. The molecule has 1 heterocycles. The number of aromatic nitrogens is 2. The normalized spacial score (nSPS) is 12.1. The van der Waals surface area contributed by atoms with Gasteiger partial charge in [0.25, 0.3) is 5.91 Å². The Morgan fingerprint density at radius 3 is 2.94 bits per heavy atom. The van der Waals surface area contributed by atoms with Gasteiger partial charge in [0.05, 0.1) is 19.0 Å². The number of nitrogens with one attached hydrogen (secondary N) is 2. The Bertz CT molecular complexity index is 417. The molecule has 1 amide bonds. The molecule has 100 valence electrons. The molecule has 0 aliphatic heterocycles. The van der Waals surface area contributed by atoms with Crippen molar-refractivity contribution in [2.45, 2.75) is 12.5 Å². The van der Waals surface area contributed by atoms with Crippen LogP contribution in [0.3, 0.4) is 0 Å². The van der Waals surface area contributed by atoms with Crippen LogP contribution in [0.2, 0.25) is 0 Å². The molecule has 18 heavy (non-hydrogen) atoms. The maximum Gasteiger partial charge on any atom is 0.354 e. The second-order valence-electron chi connectivity index (χ2n) is 3.59. The third kappa shape index (κ3) is 3.82. The molecule has 1 aromatic heterocycles. The van der Waals surface area contributed by atoms with Gasteiger partial charge in [-0.25, -0.2) is 9.78 Å². The van der Waals surface area contributed by atoms with Gasteiger partial charge >= 0.3 is 5.97 Å². The average Bonchev–Trinajstić information content (AvgIpc) is 2.78. The van der Waals surface area contributed by atoms with Crippen molar-refractivity contribution in [1.82, 2.24) is 15.3 Å². The van der Waals surface area contributed by atoms with E-state index < -0.39 is 18.0 Å². The first-order chi connectivity index (χ1) is 8.56. The SMILES string of the molecule is COCC(O)CCNC(=O)c1nc[nH]c1C(=O)O. The molecule has 4 N–H and O–H groups in total. The molecule has 0 spiro atoms. The van der Waals surface area contributed by atoms with Crippen LogP contribution in [-0.2, 0) is 4.74 Å². The highest BCUT2D eigenvalue weighted by Crippen LogP contribution is 2.02. The van der Waals surface area contributed by atoms with E-state index >= 15 is 0 Å². The summed E-state index contributed by atoms with van der Waals surface area (Å²) in [7, 11) is 1.46. The van der Waals surface area contributed by atoms with Crippen molar-refractivity contribution in [3.05, 3.63) is 17.7 Å². The largest absolute Gasteiger partial charge is 0.477 e. The third-order valence-corrected chi connectivity index (χ3v) is 2.19. The molecule has 0 fully saturated rings. The molecular weight excluding hydrogens is 242 g/mol. The fourth-order valence-electron chi connectivity index (χ4n) is 1.34. The maximum atomic E-state index is 11.6. The number of hydrogen-bond acceptors (Lipinski definition) is 5. The first kappa shape index (κ1) is 14.1. The van der Waals surface area contributed by atoms with E-state index in [2.05, 4.69) is 15.3 Å². The summed E-state index contributed by atoms with van der Waals surface area (Å²) in [5.74, 6) is -1.85. The number of hydrogen-bond donors (Lipinski definition) is 4. The van der Waals surface area contributed by atoms with Crippen molar-refractivity contribution < 1.29 is 24.5 Å². The first-order valence-corrected chi connectivity index (χ1v) is 5.28. The van der Waals surface area contributed by atoms with Crippen molar-refractivity contribution in [3.63, 3.8) is 0 Å². The Kier molecular flexibility index (Phi) is 5.28. The van der Waals surface area contributed by atoms with Gasteiger partial charge in [-0.05, 0) is 6.42 Å². The van der Waals surface area contributed by atoms with E-state index in [0.717, 1.165) is 6.33 Å². The van der Waals surface area contributed by atoms with Crippen molar-refractivity contribution in [2.24, 2.45) is 0 Å².